The predicted molar refractivity (Wildman–Crippen MR) is 74.6 cm³/mol. The first-order valence-electron chi connectivity index (χ1n) is 7.05. The van der Waals surface area contributed by atoms with Gasteiger partial charge in [-0.1, -0.05) is 6.92 Å². The Hall–Kier alpha value is -1.55. The second-order valence-corrected chi connectivity index (χ2v) is 5.18. The van der Waals surface area contributed by atoms with E-state index in [9.17, 15) is 4.79 Å². The molecule has 1 aromatic rings. The summed E-state index contributed by atoms with van der Waals surface area (Å²) in [6.45, 7) is 5.09. The fraction of sp³-hybridized carbons (Fsp3) is 0.533. The molecule has 0 aromatic heterocycles. The molecule has 1 amide bonds. The summed E-state index contributed by atoms with van der Waals surface area (Å²) in [5.41, 5.74) is 3.24. The Balaban J connectivity index is 1.82. The van der Waals surface area contributed by atoms with Gasteiger partial charge in [-0.15, -0.1) is 0 Å². The molecule has 1 unspecified atom stereocenters. The van der Waals surface area contributed by atoms with Crippen LogP contribution in [0.15, 0.2) is 18.2 Å². The monoisotopic (exact) mass is 260 g/mol. The maximum atomic E-state index is 12.6. The lowest BCUT2D eigenvalue weighted by Gasteiger charge is -2.35. The zero-order chi connectivity index (χ0) is 13.2. The van der Waals surface area contributed by atoms with Crippen molar-refractivity contribution in [1.82, 2.24) is 4.90 Å². The van der Waals surface area contributed by atoms with E-state index >= 15 is 0 Å². The lowest BCUT2D eigenvalue weighted by Crippen LogP contribution is -2.48. The number of carbonyl (C=O) groups excluding carboxylic acids is 1. The van der Waals surface area contributed by atoms with Crippen LogP contribution in [0.3, 0.4) is 0 Å². The van der Waals surface area contributed by atoms with Gasteiger partial charge in [0.1, 0.15) is 0 Å². The van der Waals surface area contributed by atoms with Crippen LogP contribution in [0.4, 0.5) is 5.69 Å². The number of fused-ring (bicyclic) bond motifs is 1. The van der Waals surface area contributed by atoms with Gasteiger partial charge in [0, 0.05) is 24.3 Å². The zero-order valence-corrected chi connectivity index (χ0v) is 11.3. The zero-order valence-electron chi connectivity index (χ0n) is 11.3. The van der Waals surface area contributed by atoms with Gasteiger partial charge in [0.25, 0.3) is 5.91 Å². The number of carbonyl (C=O) groups is 1. The standard InChI is InChI=1S/C15H20N2O2/c1-2-13-10-19-8-7-17(13)15(18)12-3-4-14-11(9-12)5-6-16-14/h3-4,9,13,16H,2,5-8,10H2,1H3. The number of rotatable bonds is 2. The summed E-state index contributed by atoms with van der Waals surface area (Å²) in [4.78, 5) is 14.6. The van der Waals surface area contributed by atoms with Crippen LogP contribution in [0.25, 0.3) is 0 Å². The fourth-order valence-corrected chi connectivity index (χ4v) is 2.86. The van der Waals surface area contributed by atoms with E-state index < -0.39 is 0 Å². The van der Waals surface area contributed by atoms with Gasteiger partial charge < -0.3 is 15.0 Å². The molecule has 1 aromatic carbocycles. The Labute approximate surface area is 113 Å². The molecule has 2 aliphatic rings. The smallest absolute Gasteiger partial charge is 0.254 e. The highest BCUT2D eigenvalue weighted by atomic mass is 16.5. The van der Waals surface area contributed by atoms with Crippen LogP contribution in [0.2, 0.25) is 0 Å². The van der Waals surface area contributed by atoms with Crippen molar-refractivity contribution in [2.45, 2.75) is 25.8 Å². The maximum Gasteiger partial charge on any atom is 0.254 e. The van der Waals surface area contributed by atoms with Gasteiger partial charge in [0.05, 0.1) is 19.3 Å². The molecule has 4 heteroatoms. The molecule has 4 nitrogen and oxygen atoms in total. The molecule has 2 aliphatic heterocycles. The molecule has 19 heavy (non-hydrogen) atoms. The quantitative estimate of drug-likeness (QED) is 0.883. The van der Waals surface area contributed by atoms with E-state index in [-0.39, 0.29) is 11.9 Å². The molecule has 2 heterocycles. The van der Waals surface area contributed by atoms with Crippen LogP contribution in [0, 0.1) is 0 Å². The minimum Gasteiger partial charge on any atom is -0.384 e. The molecule has 1 saturated heterocycles. The second kappa shape index (κ2) is 5.21. The molecule has 0 radical (unpaired) electrons. The number of hydrogen-bond acceptors (Lipinski definition) is 3. The highest BCUT2D eigenvalue weighted by Crippen LogP contribution is 2.24. The van der Waals surface area contributed by atoms with Gasteiger partial charge >= 0.3 is 0 Å². The van der Waals surface area contributed by atoms with E-state index in [2.05, 4.69) is 12.2 Å². The molecule has 1 fully saturated rings. The van der Waals surface area contributed by atoms with Crippen LogP contribution < -0.4 is 5.32 Å². The summed E-state index contributed by atoms with van der Waals surface area (Å²) in [7, 11) is 0. The third kappa shape index (κ3) is 2.32. The third-order valence-electron chi connectivity index (χ3n) is 4.02. The number of morpholine rings is 1. The number of hydrogen-bond donors (Lipinski definition) is 1. The molecule has 0 saturated carbocycles. The molecule has 0 aliphatic carbocycles. The molecule has 0 spiro atoms. The minimum absolute atomic E-state index is 0.143. The average molecular weight is 260 g/mol. The first kappa shape index (κ1) is 12.5. The molecule has 1 N–H and O–H groups in total. The highest BCUT2D eigenvalue weighted by molar-refractivity contribution is 5.95. The summed E-state index contributed by atoms with van der Waals surface area (Å²) >= 11 is 0. The molecule has 102 valence electrons. The largest absolute Gasteiger partial charge is 0.384 e. The van der Waals surface area contributed by atoms with Gasteiger partial charge in [-0.3, -0.25) is 4.79 Å². The third-order valence-corrected chi connectivity index (χ3v) is 4.02. The fourth-order valence-electron chi connectivity index (χ4n) is 2.86. The van der Waals surface area contributed by atoms with Crippen molar-refractivity contribution >= 4 is 11.6 Å². The van der Waals surface area contributed by atoms with Gasteiger partial charge in [0.15, 0.2) is 0 Å². The Morgan fingerprint density at radius 1 is 1.53 bits per heavy atom. The molecular weight excluding hydrogens is 240 g/mol. The number of benzene rings is 1. The molecular formula is C15H20N2O2. The lowest BCUT2D eigenvalue weighted by atomic mass is 10.1. The van der Waals surface area contributed by atoms with E-state index in [1.807, 2.05) is 23.1 Å². The topological polar surface area (TPSA) is 41.6 Å². The van der Waals surface area contributed by atoms with Gasteiger partial charge in [-0.25, -0.2) is 0 Å². The molecule has 3 rings (SSSR count). The minimum atomic E-state index is 0.143. The first-order valence-corrected chi connectivity index (χ1v) is 7.05. The van der Waals surface area contributed by atoms with E-state index in [0.29, 0.717) is 19.8 Å². The van der Waals surface area contributed by atoms with Crippen molar-refractivity contribution in [3.63, 3.8) is 0 Å². The SMILES string of the molecule is CCC1COCCN1C(=O)c1ccc2c(c1)CCN2. The summed E-state index contributed by atoms with van der Waals surface area (Å²) in [6.07, 6.45) is 1.95. The maximum absolute atomic E-state index is 12.6. The van der Waals surface area contributed by atoms with Crippen LogP contribution in [-0.4, -0.2) is 43.2 Å². The van der Waals surface area contributed by atoms with Crippen LogP contribution in [0.1, 0.15) is 29.3 Å². The average Bonchev–Trinajstić information content (AvgIpc) is 2.93. The van der Waals surface area contributed by atoms with E-state index in [1.54, 1.807) is 0 Å². The van der Waals surface area contributed by atoms with Crippen molar-refractivity contribution in [2.24, 2.45) is 0 Å². The lowest BCUT2D eigenvalue weighted by molar-refractivity contribution is -0.00280. The highest BCUT2D eigenvalue weighted by Gasteiger charge is 2.27. The summed E-state index contributed by atoms with van der Waals surface area (Å²) < 4.78 is 5.46. The first-order chi connectivity index (χ1) is 9.29. The summed E-state index contributed by atoms with van der Waals surface area (Å²) in [5.74, 6) is 0.143. The van der Waals surface area contributed by atoms with Gasteiger partial charge in [-0.05, 0) is 36.6 Å². The second-order valence-electron chi connectivity index (χ2n) is 5.18. The summed E-state index contributed by atoms with van der Waals surface area (Å²) in [5, 5.41) is 3.32. The Kier molecular flexibility index (Phi) is 3.42. The Bertz CT molecular complexity index is 487. The van der Waals surface area contributed by atoms with E-state index in [1.165, 1.54) is 11.3 Å². The van der Waals surface area contributed by atoms with Crippen LogP contribution in [-0.2, 0) is 11.2 Å². The molecule has 1 atom stereocenters. The Morgan fingerprint density at radius 2 is 2.42 bits per heavy atom. The number of amides is 1. The van der Waals surface area contributed by atoms with Crippen LogP contribution in [0.5, 0.6) is 0 Å². The van der Waals surface area contributed by atoms with Gasteiger partial charge in [0.2, 0.25) is 0 Å². The normalized spacial score (nSPS) is 21.9. The van der Waals surface area contributed by atoms with Crippen molar-refractivity contribution in [3.8, 4) is 0 Å². The van der Waals surface area contributed by atoms with E-state index in [0.717, 1.165) is 24.9 Å². The van der Waals surface area contributed by atoms with Crippen molar-refractivity contribution in [1.29, 1.82) is 0 Å². The summed E-state index contributed by atoms with van der Waals surface area (Å²) in [6, 6.07) is 6.21. The van der Waals surface area contributed by atoms with Gasteiger partial charge in [-0.2, -0.15) is 0 Å². The Morgan fingerprint density at radius 3 is 3.26 bits per heavy atom. The molecule has 0 bridgehead atoms. The number of nitrogens with zero attached hydrogens (tertiary/aromatic N) is 1. The van der Waals surface area contributed by atoms with Crippen molar-refractivity contribution in [3.05, 3.63) is 29.3 Å². The van der Waals surface area contributed by atoms with E-state index in [4.69, 9.17) is 4.74 Å². The number of ether oxygens (including phenoxy) is 1. The number of nitrogens with one attached hydrogen (secondary N) is 1. The predicted octanol–water partition coefficient (Wildman–Crippen LogP) is 1.91. The van der Waals surface area contributed by atoms with Crippen LogP contribution >= 0.6 is 0 Å². The van der Waals surface area contributed by atoms with Crippen molar-refractivity contribution < 1.29 is 9.53 Å². The number of anilines is 1. The van der Waals surface area contributed by atoms with Crippen molar-refractivity contribution in [2.75, 3.05) is 31.6 Å².